The van der Waals surface area contributed by atoms with Crippen molar-refractivity contribution >= 4 is 34.2 Å². The zero-order valence-electron chi connectivity index (χ0n) is 10.6. The summed E-state index contributed by atoms with van der Waals surface area (Å²) in [6.07, 6.45) is 8.40. The molecule has 0 bridgehead atoms. The van der Waals surface area contributed by atoms with Crippen molar-refractivity contribution in [3.8, 4) is 0 Å². The zero-order chi connectivity index (χ0) is 12.8. The SMILES string of the molecule is O=C(CC1CCCCCC1)Nc1ccccc1I. The molecule has 1 saturated carbocycles. The van der Waals surface area contributed by atoms with Gasteiger partial charge in [-0.25, -0.2) is 0 Å². The number of carbonyl (C=O) groups excluding carboxylic acids is 1. The van der Waals surface area contributed by atoms with Crippen LogP contribution in [0, 0.1) is 9.49 Å². The second kappa shape index (κ2) is 7.12. The summed E-state index contributed by atoms with van der Waals surface area (Å²) in [6, 6.07) is 7.93. The summed E-state index contributed by atoms with van der Waals surface area (Å²) in [6.45, 7) is 0. The fourth-order valence-corrected chi connectivity index (χ4v) is 3.12. The highest BCUT2D eigenvalue weighted by Gasteiger charge is 2.16. The molecule has 0 radical (unpaired) electrons. The van der Waals surface area contributed by atoms with E-state index in [0.29, 0.717) is 12.3 Å². The van der Waals surface area contributed by atoms with Crippen LogP contribution in [0.1, 0.15) is 44.9 Å². The van der Waals surface area contributed by atoms with Gasteiger partial charge >= 0.3 is 0 Å². The van der Waals surface area contributed by atoms with Gasteiger partial charge in [-0.2, -0.15) is 0 Å². The molecule has 0 saturated heterocycles. The summed E-state index contributed by atoms with van der Waals surface area (Å²) >= 11 is 2.26. The molecule has 98 valence electrons. The van der Waals surface area contributed by atoms with E-state index in [9.17, 15) is 4.79 Å². The second-order valence-corrected chi connectivity index (χ2v) is 6.25. The number of hydrogen-bond donors (Lipinski definition) is 1. The highest BCUT2D eigenvalue weighted by Crippen LogP contribution is 2.26. The Balaban J connectivity index is 1.86. The Bertz CT molecular complexity index is 397. The van der Waals surface area contributed by atoms with Crippen LogP contribution in [0.4, 0.5) is 5.69 Å². The molecule has 0 spiro atoms. The summed E-state index contributed by atoms with van der Waals surface area (Å²) in [5.41, 5.74) is 0.941. The van der Waals surface area contributed by atoms with Gasteiger partial charge in [0.15, 0.2) is 0 Å². The summed E-state index contributed by atoms with van der Waals surface area (Å²) in [7, 11) is 0. The predicted molar refractivity (Wildman–Crippen MR) is 83.6 cm³/mol. The average Bonchev–Trinajstić information content (AvgIpc) is 2.61. The van der Waals surface area contributed by atoms with Gasteiger partial charge in [0.1, 0.15) is 0 Å². The van der Waals surface area contributed by atoms with Crippen LogP contribution in [0.2, 0.25) is 0 Å². The first kappa shape index (κ1) is 13.8. The van der Waals surface area contributed by atoms with E-state index in [0.717, 1.165) is 9.26 Å². The van der Waals surface area contributed by atoms with Crippen molar-refractivity contribution in [1.29, 1.82) is 0 Å². The third-order valence-corrected chi connectivity index (χ3v) is 4.54. The number of carbonyl (C=O) groups is 1. The molecular weight excluding hydrogens is 337 g/mol. The van der Waals surface area contributed by atoms with Gasteiger partial charge in [0.2, 0.25) is 5.91 Å². The molecule has 0 heterocycles. The Hall–Kier alpha value is -0.580. The lowest BCUT2D eigenvalue weighted by molar-refractivity contribution is -0.117. The van der Waals surface area contributed by atoms with Gasteiger partial charge in [0.05, 0.1) is 5.69 Å². The van der Waals surface area contributed by atoms with Crippen molar-refractivity contribution in [2.75, 3.05) is 5.32 Å². The van der Waals surface area contributed by atoms with Crippen LogP contribution in [0.5, 0.6) is 0 Å². The number of rotatable bonds is 3. The number of nitrogens with one attached hydrogen (secondary N) is 1. The highest BCUT2D eigenvalue weighted by molar-refractivity contribution is 14.1. The monoisotopic (exact) mass is 357 g/mol. The quantitative estimate of drug-likeness (QED) is 0.622. The number of hydrogen-bond acceptors (Lipinski definition) is 1. The first-order valence-corrected chi connectivity index (χ1v) is 7.88. The number of halogens is 1. The van der Waals surface area contributed by atoms with E-state index in [1.165, 1.54) is 38.5 Å². The minimum atomic E-state index is 0.172. The van der Waals surface area contributed by atoms with Crippen molar-refractivity contribution in [3.63, 3.8) is 0 Å². The van der Waals surface area contributed by atoms with Crippen LogP contribution in [0.3, 0.4) is 0 Å². The maximum absolute atomic E-state index is 12.0. The highest BCUT2D eigenvalue weighted by atomic mass is 127. The Kier molecular flexibility index (Phi) is 5.47. The van der Waals surface area contributed by atoms with Gasteiger partial charge in [-0.05, 0) is 53.5 Å². The normalized spacial score (nSPS) is 17.2. The predicted octanol–water partition coefficient (Wildman–Crippen LogP) is 4.59. The van der Waals surface area contributed by atoms with Crippen molar-refractivity contribution in [2.45, 2.75) is 44.9 Å². The molecular formula is C15H20INO. The van der Waals surface area contributed by atoms with Gasteiger partial charge < -0.3 is 5.32 Å². The molecule has 1 aromatic rings. The lowest BCUT2D eigenvalue weighted by Gasteiger charge is -2.14. The van der Waals surface area contributed by atoms with Crippen molar-refractivity contribution in [1.82, 2.24) is 0 Å². The summed E-state index contributed by atoms with van der Waals surface area (Å²) in [4.78, 5) is 12.0. The van der Waals surface area contributed by atoms with E-state index in [2.05, 4.69) is 27.9 Å². The number of anilines is 1. The van der Waals surface area contributed by atoms with Crippen LogP contribution in [0.25, 0.3) is 0 Å². The zero-order valence-corrected chi connectivity index (χ0v) is 12.8. The maximum Gasteiger partial charge on any atom is 0.224 e. The van der Waals surface area contributed by atoms with Crippen molar-refractivity contribution in [3.05, 3.63) is 27.8 Å². The first-order valence-electron chi connectivity index (χ1n) is 6.80. The van der Waals surface area contributed by atoms with E-state index < -0.39 is 0 Å². The minimum Gasteiger partial charge on any atom is -0.325 e. The molecule has 1 aliphatic carbocycles. The number of benzene rings is 1. The average molecular weight is 357 g/mol. The Morgan fingerprint density at radius 3 is 2.50 bits per heavy atom. The molecule has 1 amide bonds. The van der Waals surface area contributed by atoms with E-state index >= 15 is 0 Å². The molecule has 0 aliphatic heterocycles. The smallest absolute Gasteiger partial charge is 0.224 e. The standard InChI is InChI=1S/C15H20INO/c16-13-9-5-6-10-14(13)17-15(18)11-12-7-3-1-2-4-8-12/h5-6,9-10,12H,1-4,7-8,11H2,(H,17,18). The molecule has 0 aromatic heterocycles. The third kappa shape index (κ3) is 4.26. The Morgan fingerprint density at radius 1 is 1.17 bits per heavy atom. The molecule has 2 nitrogen and oxygen atoms in total. The van der Waals surface area contributed by atoms with Gasteiger partial charge in [0, 0.05) is 9.99 Å². The minimum absolute atomic E-state index is 0.172. The van der Waals surface area contributed by atoms with Crippen molar-refractivity contribution in [2.24, 2.45) is 5.92 Å². The molecule has 18 heavy (non-hydrogen) atoms. The van der Waals surface area contributed by atoms with Crippen LogP contribution < -0.4 is 5.32 Å². The van der Waals surface area contributed by atoms with Crippen LogP contribution in [-0.2, 0) is 4.79 Å². The van der Waals surface area contributed by atoms with Gasteiger partial charge in [-0.15, -0.1) is 0 Å². The van der Waals surface area contributed by atoms with E-state index in [-0.39, 0.29) is 5.91 Å². The molecule has 2 rings (SSSR count). The second-order valence-electron chi connectivity index (χ2n) is 5.09. The number of amides is 1. The molecule has 1 aromatic carbocycles. The van der Waals surface area contributed by atoms with E-state index in [1.807, 2.05) is 24.3 Å². The Morgan fingerprint density at radius 2 is 1.83 bits per heavy atom. The molecule has 1 N–H and O–H groups in total. The summed E-state index contributed by atoms with van der Waals surface area (Å²) in [5.74, 6) is 0.764. The Labute approximate surface area is 123 Å². The lowest BCUT2D eigenvalue weighted by Crippen LogP contribution is -2.16. The van der Waals surface area contributed by atoms with E-state index in [1.54, 1.807) is 0 Å². The van der Waals surface area contributed by atoms with Gasteiger partial charge in [-0.3, -0.25) is 4.79 Å². The topological polar surface area (TPSA) is 29.1 Å². The number of para-hydroxylation sites is 1. The third-order valence-electron chi connectivity index (χ3n) is 3.60. The van der Waals surface area contributed by atoms with E-state index in [4.69, 9.17) is 0 Å². The summed E-state index contributed by atoms with van der Waals surface area (Å²) < 4.78 is 1.10. The van der Waals surface area contributed by atoms with Crippen LogP contribution in [-0.4, -0.2) is 5.91 Å². The maximum atomic E-state index is 12.0. The molecule has 1 aliphatic rings. The summed E-state index contributed by atoms with van der Waals surface area (Å²) in [5, 5.41) is 3.03. The fraction of sp³-hybridized carbons (Fsp3) is 0.533. The van der Waals surface area contributed by atoms with Gasteiger partial charge in [0.25, 0.3) is 0 Å². The first-order chi connectivity index (χ1) is 8.75. The van der Waals surface area contributed by atoms with Gasteiger partial charge in [-0.1, -0.05) is 37.8 Å². The molecule has 0 unspecified atom stereocenters. The molecule has 0 atom stereocenters. The molecule has 3 heteroatoms. The fourth-order valence-electron chi connectivity index (χ4n) is 2.59. The van der Waals surface area contributed by atoms with Crippen LogP contribution >= 0.6 is 22.6 Å². The molecule has 1 fully saturated rings. The largest absolute Gasteiger partial charge is 0.325 e. The van der Waals surface area contributed by atoms with Crippen LogP contribution in [0.15, 0.2) is 24.3 Å². The van der Waals surface area contributed by atoms with Crippen molar-refractivity contribution < 1.29 is 4.79 Å². The lowest BCUT2D eigenvalue weighted by atomic mass is 9.96.